The van der Waals surface area contributed by atoms with Gasteiger partial charge in [-0.3, -0.25) is 19.1 Å². The van der Waals surface area contributed by atoms with Crippen molar-refractivity contribution in [3.63, 3.8) is 0 Å². The molecule has 8 nitrogen and oxygen atoms in total. The maximum absolute atomic E-state index is 12.1. The Balaban J connectivity index is 2.66. The highest BCUT2D eigenvalue weighted by molar-refractivity contribution is 8.00. The fourth-order valence-electron chi connectivity index (χ4n) is 1.98. The van der Waals surface area contributed by atoms with Crippen LogP contribution in [0.1, 0.15) is 6.92 Å². The molecule has 0 saturated heterocycles. The van der Waals surface area contributed by atoms with Gasteiger partial charge in [0.1, 0.15) is 5.25 Å². The molecule has 0 bridgehead atoms. The maximum atomic E-state index is 12.1. The Bertz CT molecular complexity index is 848. The van der Waals surface area contributed by atoms with Crippen molar-refractivity contribution in [1.82, 2.24) is 19.1 Å². The molecule has 0 fully saturated rings. The molecule has 0 aliphatic rings. The third kappa shape index (κ3) is 2.71. The minimum atomic E-state index is -0.543. The van der Waals surface area contributed by atoms with E-state index in [0.29, 0.717) is 11.7 Å². The maximum Gasteiger partial charge on any atom is 0.329 e. The Hall–Kier alpha value is -2.29. The molecule has 0 amide bonds. The Labute approximate surface area is 129 Å². The lowest BCUT2D eigenvalue weighted by atomic mass is 10.5. The minimum Gasteiger partial charge on any atom is -0.468 e. The van der Waals surface area contributed by atoms with Crippen molar-refractivity contribution in [2.24, 2.45) is 7.05 Å². The number of carbonyl (C=O) groups is 1. The number of imidazole rings is 1. The van der Waals surface area contributed by atoms with Crippen LogP contribution in [0.2, 0.25) is 0 Å². The highest BCUT2D eigenvalue weighted by Crippen LogP contribution is 2.25. The van der Waals surface area contributed by atoms with Crippen LogP contribution in [0.4, 0.5) is 0 Å². The second kappa shape index (κ2) is 6.22. The second-order valence-corrected chi connectivity index (χ2v) is 5.88. The van der Waals surface area contributed by atoms with Crippen LogP contribution >= 0.6 is 11.8 Å². The van der Waals surface area contributed by atoms with Gasteiger partial charge >= 0.3 is 11.7 Å². The summed E-state index contributed by atoms with van der Waals surface area (Å²) in [5.41, 5.74) is -0.542. The monoisotopic (exact) mass is 324 g/mol. The third-order valence-electron chi connectivity index (χ3n) is 3.10. The highest BCUT2D eigenvalue weighted by atomic mass is 32.2. The summed E-state index contributed by atoms with van der Waals surface area (Å²) in [4.78, 5) is 41.9. The molecule has 0 saturated carbocycles. The number of hydrogen-bond acceptors (Lipinski definition) is 6. The molecule has 9 heteroatoms. The summed E-state index contributed by atoms with van der Waals surface area (Å²) in [6.07, 6.45) is 1.61. The molecule has 0 radical (unpaired) electrons. The number of nitrogens with zero attached hydrogens (tertiary/aromatic N) is 3. The summed E-state index contributed by atoms with van der Waals surface area (Å²) < 4.78 is 7.55. The molecular formula is C13H16N4O4S. The molecule has 0 spiro atoms. The van der Waals surface area contributed by atoms with Crippen LogP contribution in [0.5, 0.6) is 0 Å². The highest BCUT2D eigenvalue weighted by Gasteiger charge is 2.22. The van der Waals surface area contributed by atoms with Gasteiger partial charge in [0.2, 0.25) is 0 Å². The number of thioether (sulfide) groups is 1. The van der Waals surface area contributed by atoms with Crippen molar-refractivity contribution in [2.45, 2.75) is 23.9 Å². The van der Waals surface area contributed by atoms with Crippen LogP contribution in [-0.4, -0.2) is 37.4 Å². The van der Waals surface area contributed by atoms with Gasteiger partial charge in [0.15, 0.2) is 16.3 Å². The number of fused-ring (bicyclic) bond motifs is 1. The van der Waals surface area contributed by atoms with E-state index in [1.165, 1.54) is 18.7 Å². The SMILES string of the molecule is C=CCn1c(SC(C)C(=O)OC)nc2c1c(=O)[nH]c(=O)n2C. The molecular weight excluding hydrogens is 308 g/mol. The molecule has 1 unspecified atom stereocenters. The van der Waals surface area contributed by atoms with Gasteiger partial charge < -0.3 is 9.30 Å². The average molecular weight is 324 g/mol. The van der Waals surface area contributed by atoms with Crippen LogP contribution in [0.25, 0.3) is 11.2 Å². The summed E-state index contributed by atoms with van der Waals surface area (Å²) in [5, 5.41) is -0.0546. The van der Waals surface area contributed by atoms with Crippen molar-refractivity contribution in [2.75, 3.05) is 7.11 Å². The number of esters is 1. The molecule has 2 rings (SSSR count). The topological polar surface area (TPSA) is 99.0 Å². The third-order valence-corrected chi connectivity index (χ3v) is 4.17. The van der Waals surface area contributed by atoms with Gasteiger partial charge in [-0.2, -0.15) is 0 Å². The molecule has 118 valence electrons. The lowest BCUT2D eigenvalue weighted by molar-refractivity contribution is -0.139. The predicted octanol–water partition coefficient (Wildman–Crippen LogP) is 0.263. The first-order valence-electron chi connectivity index (χ1n) is 6.45. The van der Waals surface area contributed by atoms with Crippen molar-refractivity contribution in [3.8, 4) is 0 Å². The molecule has 0 aliphatic heterocycles. The van der Waals surface area contributed by atoms with Gasteiger partial charge in [-0.05, 0) is 6.92 Å². The number of nitrogens with one attached hydrogen (secondary N) is 1. The van der Waals surface area contributed by atoms with E-state index >= 15 is 0 Å². The largest absolute Gasteiger partial charge is 0.468 e. The van der Waals surface area contributed by atoms with E-state index in [0.717, 1.165) is 11.8 Å². The average Bonchev–Trinajstić information content (AvgIpc) is 2.83. The number of ether oxygens (including phenoxy) is 1. The number of hydrogen-bond donors (Lipinski definition) is 1. The molecule has 0 aromatic carbocycles. The van der Waals surface area contributed by atoms with Crippen LogP contribution in [0.3, 0.4) is 0 Å². The van der Waals surface area contributed by atoms with Crippen molar-refractivity contribution in [1.29, 1.82) is 0 Å². The van der Waals surface area contributed by atoms with E-state index in [-0.39, 0.29) is 11.2 Å². The number of methoxy groups -OCH3 is 1. The van der Waals surface area contributed by atoms with Crippen LogP contribution in [0.15, 0.2) is 27.4 Å². The molecule has 1 atom stereocenters. The van der Waals surface area contributed by atoms with Crippen molar-refractivity contribution in [3.05, 3.63) is 33.5 Å². The zero-order valence-electron chi connectivity index (χ0n) is 12.5. The first-order valence-corrected chi connectivity index (χ1v) is 7.33. The Morgan fingerprint density at radius 3 is 2.82 bits per heavy atom. The Morgan fingerprint density at radius 2 is 2.23 bits per heavy atom. The van der Waals surface area contributed by atoms with Gasteiger partial charge in [0, 0.05) is 13.6 Å². The Kier molecular flexibility index (Phi) is 4.55. The fourth-order valence-corrected chi connectivity index (χ4v) is 2.92. The Morgan fingerprint density at radius 1 is 1.55 bits per heavy atom. The van der Waals surface area contributed by atoms with E-state index in [4.69, 9.17) is 0 Å². The number of aromatic nitrogens is 4. The van der Waals surface area contributed by atoms with Gasteiger partial charge in [0.05, 0.1) is 7.11 Å². The number of aromatic amines is 1. The van der Waals surface area contributed by atoms with E-state index in [1.807, 2.05) is 0 Å². The summed E-state index contributed by atoms with van der Waals surface area (Å²) in [5.74, 6) is -0.398. The second-order valence-electron chi connectivity index (χ2n) is 4.57. The number of rotatable bonds is 5. The lowest BCUT2D eigenvalue weighted by Gasteiger charge is -2.09. The number of allylic oxidation sites excluding steroid dienone is 1. The molecule has 22 heavy (non-hydrogen) atoms. The van der Waals surface area contributed by atoms with Crippen molar-refractivity contribution < 1.29 is 9.53 Å². The van der Waals surface area contributed by atoms with Gasteiger partial charge in [-0.25, -0.2) is 9.78 Å². The zero-order chi connectivity index (χ0) is 16.4. The van der Waals surface area contributed by atoms with E-state index in [2.05, 4.69) is 21.3 Å². The van der Waals surface area contributed by atoms with Crippen LogP contribution in [-0.2, 0) is 23.1 Å². The summed E-state index contributed by atoms with van der Waals surface area (Å²) in [6.45, 7) is 5.66. The molecule has 1 N–H and O–H groups in total. The first-order chi connectivity index (χ1) is 10.4. The summed E-state index contributed by atoms with van der Waals surface area (Å²) in [6, 6.07) is 0. The summed E-state index contributed by atoms with van der Waals surface area (Å²) >= 11 is 1.15. The number of carbonyl (C=O) groups excluding carboxylic acids is 1. The van der Waals surface area contributed by atoms with Gasteiger partial charge in [0.25, 0.3) is 5.56 Å². The molecule has 2 aromatic heterocycles. The molecule has 0 aliphatic carbocycles. The minimum absolute atomic E-state index is 0.259. The fraction of sp³-hybridized carbons (Fsp3) is 0.385. The molecule has 2 aromatic rings. The predicted molar refractivity (Wildman–Crippen MR) is 83.1 cm³/mol. The van der Waals surface area contributed by atoms with Crippen molar-refractivity contribution >= 4 is 28.9 Å². The zero-order valence-corrected chi connectivity index (χ0v) is 13.3. The molecule has 2 heterocycles. The number of H-pyrrole nitrogens is 1. The van der Waals surface area contributed by atoms with E-state index < -0.39 is 22.5 Å². The van der Waals surface area contributed by atoms with E-state index in [9.17, 15) is 14.4 Å². The standard InChI is InChI=1S/C13H16N4O4S/c1-5-6-17-8-9(16(3)12(20)15-10(8)18)14-13(17)22-7(2)11(19)21-4/h5,7H,1,6H2,2-4H3,(H,15,18,20). The van der Waals surface area contributed by atoms with E-state index in [1.54, 1.807) is 17.6 Å². The normalized spacial score (nSPS) is 12.3. The van der Waals surface area contributed by atoms with Gasteiger partial charge in [-0.15, -0.1) is 6.58 Å². The quantitative estimate of drug-likeness (QED) is 0.481. The smallest absolute Gasteiger partial charge is 0.329 e. The lowest BCUT2D eigenvalue weighted by Crippen LogP contribution is -2.29. The number of aryl methyl sites for hydroxylation is 1. The summed E-state index contributed by atoms with van der Waals surface area (Å²) in [7, 11) is 2.82. The van der Waals surface area contributed by atoms with Gasteiger partial charge in [-0.1, -0.05) is 17.8 Å². The first kappa shape index (κ1) is 16.1. The van der Waals surface area contributed by atoms with Crippen LogP contribution in [0, 0.1) is 0 Å². The van der Waals surface area contributed by atoms with Crippen LogP contribution < -0.4 is 11.2 Å².